The molecule has 0 radical (unpaired) electrons. The van der Waals surface area contributed by atoms with Crippen molar-refractivity contribution in [3.05, 3.63) is 41.7 Å². The van der Waals surface area contributed by atoms with Crippen molar-refractivity contribution in [1.82, 2.24) is 9.97 Å². The molecule has 27 heavy (non-hydrogen) atoms. The van der Waals surface area contributed by atoms with E-state index >= 15 is 0 Å². The van der Waals surface area contributed by atoms with Crippen LogP contribution in [0.15, 0.2) is 35.6 Å². The maximum Gasteiger partial charge on any atom is 0.234 e. The third kappa shape index (κ3) is 5.68. The largest absolute Gasteiger partial charge is 0.372 e. The predicted molar refractivity (Wildman–Crippen MR) is 110 cm³/mol. The van der Waals surface area contributed by atoms with Crippen molar-refractivity contribution < 1.29 is 9.53 Å². The molecule has 0 bridgehead atoms. The monoisotopic (exact) mass is 386 g/mol. The second-order valence-electron chi connectivity index (χ2n) is 7.09. The molecule has 1 aliphatic rings. The molecular formula is C20H26N4O2S. The van der Waals surface area contributed by atoms with Crippen LogP contribution in [0.4, 0.5) is 11.5 Å². The maximum absolute atomic E-state index is 12.3. The van der Waals surface area contributed by atoms with E-state index in [0.29, 0.717) is 5.75 Å². The van der Waals surface area contributed by atoms with Crippen LogP contribution >= 0.6 is 11.8 Å². The molecule has 1 aliphatic heterocycles. The van der Waals surface area contributed by atoms with Gasteiger partial charge in [-0.1, -0.05) is 17.8 Å². The van der Waals surface area contributed by atoms with Crippen molar-refractivity contribution in [1.29, 1.82) is 0 Å². The fraction of sp³-hybridized carbons (Fsp3) is 0.450. The van der Waals surface area contributed by atoms with Crippen molar-refractivity contribution >= 4 is 29.2 Å². The molecule has 0 spiro atoms. The standard InChI is InChI=1S/C20H26N4O2S/c1-13-5-14(2)7-17(6-13)23-19(25)11-27-20-8-18(21-12-22-20)24-9-15(3)26-16(4)10-24/h5-8,12,15-16H,9-11H2,1-4H3,(H,23,25). The Morgan fingerprint density at radius 1 is 1.15 bits per heavy atom. The Morgan fingerprint density at radius 2 is 1.81 bits per heavy atom. The van der Waals surface area contributed by atoms with Gasteiger partial charge in [-0.3, -0.25) is 4.79 Å². The smallest absolute Gasteiger partial charge is 0.234 e. The van der Waals surface area contributed by atoms with E-state index in [4.69, 9.17) is 4.74 Å². The average molecular weight is 387 g/mol. The second-order valence-corrected chi connectivity index (χ2v) is 8.09. The predicted octanol–water partition coefficient (Wildman–Crippen LogP) is 3.44. The average Bonchev–Trinajstić information content (AvgIpc) is 2.58. The molecule has 0 aliphatic carbocycles. The molecule has 144 valence electrons. The van der Waals surface area contributed by atoms with Crippen molar-refractivity contribution in [3.8, 4) is 0 Å². The van der Waals surface area contributed by atoms with E-state index in [2.05, 4.69) is 40.1 Å². The van der Waals surface area contributed by atoms with E-state index in [-0.39, 0.29) is 18.1 Å². The van der Waals surface area contributed by atoms with E-state index in [1.807, 2.05) is 32.0 Å². The van der Waals surface area contributed by atoms with Crippen LogP contribution in [0.3, 0.4) is 0 Å². The molecule has 1 aromatic carbocycles. The van der Waals surface area contributed by atoms with Gasteiger partial charge in [0, 0.05) is 24.8 Å². The van der Waals surface area contributed by atoms with Gasteiger partial charge >= 0.3 is 0 Å². The topological polar surface area (TPSA) is 67.4 Å². The van der Waals surface area contributed by atoms with Gasteiger partial charge < -0.3 is 15.0 Å². The number of hydrogen-bond donors (Lipinski definition) is 1. The molecule has 6 nitrogen and oxygen atoms in total. The minimum Gasteiger partial charge on any atom is -0.372 e. The van der Waals surface area contributed by atoms with Gasteiger partial charge in [0.05, 0.1) is 18.0 Å². The molecule has 3 rings (SSSR count). The Kier molecular flexibility index (Phi) is 6.34. The number of nitrogens with one attached hydrogen (secondary N) is 1. The van der Waals surface area contributed by atoms with Gasteiger partial charge in [-0.2, -0.15) is 0 Å². The molecule has 1 fully saturated rings. The van der Waals surface area contributed by atoms with E-state index in [0.717, 1.165) is 40.7 Å². The lowest BCUT2D eigenvalue weighted by Crippen LogP contribution is -2.45. The summed E-state index contributed by atoms with van der Waals surface area (Å²) in [6.45, 7) is 9.78. The number of aryl methyl sites for hydroxylation is 2. The van der Waals surface area contributed by atoms with Crippen LogP contribution < -0.4 is 10.2 Å². The second kappa shape index (κ2) is 8.71. The van der Waals surface area contributed by atoms with Gasteiger partial charge in [0.1, 0.15) is 17.2 Å². The lowest BCUT2D eigenvalue weighted by Gasteiger charge is -2.36. The number of benzene rings is 1. The summed E-state index contributed by atoms with van der Waals surface area (Å²) in [7, 11) is 0. The number of thioether (sulfide) groups is 1. The lowest BCUT2D eigenvalue weighted by atomic mass is 10.1. The molecule has 0 saturated carbocycles. The molecule has 2 heterocycles. The van der Waals surface area contributed by atoms with Crippen LogP contribution in [0, 0.1) is 13.8 Å². The van der Waals surface area contributed by atoms with Crippen LogP contribution in [0.5, 0.6) is 0 Å². The van der Waals surface area contributed by atoms with Gasteiger partial charge in [0.25, 0.3) is 0 Å². The van der Waals surface area contributed by atoms with Crippen molar-refractivity contribution in [2.24, 2.45) is 0 Å². The molecule has 1 saturated heterocycles. The summed E-state index contributed by atoms with van der Waals surface area (Å²) in [6.07, 6.45) is 1.90. The molecule has 1 aromatic heterocycles. The van der Waals surface area contributed by atoms with E-state index in [1.54, 1.807) is 6.33 Å². The number of nitrogens with zero attached hydrogens (tertiary/aromatic N) is 3. The summed E-state index contributed by atoms with van der Waals surface area (Å²) in [4.78, 5) is 23.2. The number of hydrogen-bond acceptors (Lipinski definition) is 6. The molecular weight excluding hydrogens is 360 g/mol. The number of carbonyl (C=O) groups excluding carboxylic acids is 1. The molecule has 2 aromatic rings. The summed E-state index contributed by atoms with van der Waals surface area (Å²) in [6, 6.07) is 7.97. The Bertz CT molecular complexity index is 784. The Balaban J connectivity index is 1.58. The highest BCUT2D eigenvalue weighted by atomic mass is 32.2. The van der Waals surface area contributed by atoms with Crippen LogP contribution in [0.25, 0.3) is 0 Å². The highest BCUT2D eigenvalue weighted by Crippen LogP contribution is 2.23. The SMILES string of the molecule is Cc1cc(C)cc(NC(=O)CSc2cc(N3CC(C)OC(C)C3)ncn2)c1. The van der Waals surface area contributed by atoms with E-state index in [1.165, 1.54) is 11.8 Å². The Labute approximate surface area is 164 Å². The molecule has 2 atom stereocenters. The number of amides is 1. The number of ether oxygens (including phenoxy) is 1. The number of aromatic nitrogens is 2. The number of anilines is 2. The fourth-order valence-electron chi connectivity index (χ4n) is 3.33. The third-order valence-electron chi connectivity index (χ3n) is 4.23. The minimum absolute atomic E-state index is 0.0428. The summed E-state index contributed by atoms with van der Waals surface area (Å²) in [5.74, 6) is 1.14. The highest BCUT2D eigenvalue weighted by molar-refractivity contribution is 7.99. The molecule has 7 heteroatoms. The van der Waals surface area contributed by atoms with Crippen LogP contribution in [0.2, 0.25) is 0 Å². The Hall–Kier alpha value is -2.12. The first-order valence-corrected chi connectivity index (χ1v) is 10.1. The number of rotatable bonds is 5. The van der Waals surface area contributed by atoms with Crippen LogP contribution in [-0.2, 0) is 9.53 Å². The van der Waals surface area contributed by atoms with Gasteiger partial charge in [-0.15, -0.1) is 0 Å². The zero-order valence-electron chi connectivity index (χ0n) is 16.2. The first kappa shape index (κ1) is 19.6. The minimum atomic E-state index is -0.0428. The van der Waals surface area contributed by atoms with E-state index in [9.17, 15) is 4.79 Å². The van der Waals surface area contributed by atoms with Gasteiger partial charge in [0.2, 0.25) is 5.91 Å². The highest BCUT2D eigenvalue weighted by Gasteiger charge is 2.23. The summed E-state index contributed by atoms with van der Waals surface area (Å²) >= 11 is 1.41. The third-order valence-corrected chi connectivity index (χ3v) is 5.15. The molecule has 1 amide bonds. The van der Waals surface area contributed by atoms with Gasteiger partial charge in [0.15, 0.2) is 0 Å². The van der Waals surface area contributed by atoms with Gasteiger partial charge in [-0.05, 0) is 51.0 Å². The number of morpholine rings is 1. The number of carbonyl (C=O) groups is 1. The van der Waals surface area contributed by atoms with Crippen LogP contribution in [-0.4, -0.2) is 46.9 Å². The summed E-state index contributed by atoms with van der Waals surface area (Å²) in [5, 5.41) is 3.75. The Morgan fingerprint density at radius 3 is 2.48 bits per heavy atom. The van der Waals surface area contributed by atoms with E-state index < -0.39 is 0 Å². The quantitative estimate of drug-likeness (QED) is 0.627. The van der Waals surface area contributed by atoms with Crippen LogP contribution in [0.1, 0.15) is 25.0 Å². The fourth-order valence-corrected chi connectivity index (χ4v) is 3.99. The van der Waals surface area contributed by atoms with Gasteiger partial charge in [-0.25, -0.2) is 9.97 Å². The first-order valence-electron chi connectivity index (χ1n) is 9.12. The van der Waals surface area contributed by atoms with Crippen molar-refractivity contribution in [2.45, 2.75) is 44.9 Å². The lowest BCUT2D eigenvalue weighted by molar-refractivity contribution is -0.113. The normalized spacial score (nSPS) is 19.8. The zero-order valence-corrected chi connectivity index (χ0v) is 17.0. The first-order chi connectivity index (χ1) is 12.9. The van der Waals surface area contributed by atoms with Crippen molar-refractivity contribution in [3.63, 3.8) is 0 Å². The summed E-state index contributed by atoms with van der Waals surface area (Å²) < 4.78 is 5.78. The molecule has 2 unspecified atom stereocenters. The zero-order chi connectivity index (χ0) is 19.4. The molecule has 1 N–H and O–H groups in total. The van der Waals surface area contributed by atoms with Crippen molar-refractivity contribution in [2.75, 3.05) is 29.1 Å². The maximum atomic E-state index is 12.3. The summed E-state index contributed by atoms with van der Waals surface area (Å²) in [5.41, 5.74) is 3.09.